The first-order valence-electron chi connectivity index (χ1n) is 6.78. The number of rotatable bonds is 4. The van der Waals surface area contributed by atoms with Gasteiger partial charge in [0.1, 0.15) is 4.60 Å². The summed E-state index contributed by atoms with van der Waals surface area (Å²) in [5, 5.41) is 14.1. The van der Waals surface area contributed by atoms with E-state index >= 15 is 0 Å². The van der Waals surface area contributed by atoms with Gasteiger partial charge in [0.15, 0.2) is 0 Å². The number of carboxylic acid groups (broad SMARTS) is 1. The summed E-state index contributed by atoms with van der Waals surface area (Å²) in [6.45, 7) is 2.56. The lowest BCUT2D eigenvalue weighted by Gasteiger charge is -2.19. The molecule has 2 heterocycles. The SMILES string of the molecule is CCc1nn2c(Br)cccc2c1N(CC1CC1)C(=O)O. The maximum atomic E-state index is 11.6. The summed E-state index contributed by atoms with van der Waals surface area (Å²) in [6.07, 6.45) is 2.04. The van der Waals surface area contributed by atoms with Gasteiger partial charge in [0.25, 0.3) is 0 Å². The number of halogens is 1. The lowest BCUT2D eigenvalue weighted by Crippen LogP contribution is -2.31. The molecule has 0 spiro atoms. The lowest BCUT2D eigenvalue weighted by atomic mass is 10.2. The second kappa shape index (κ2) is 5.09. The van der Waals surface area contributed by atoms with E-state index < -0.39 is 6.09 Å². The zero-order valence-corrected chi connectivity index (χ0v) is 12.8. The van der Waals surface area contributed by atoms with Gasteiger partial charge in [-0.1, -0.05) is 13.0 Å². The molecule has 20 heavy (non-hydrogen) atoms. The van der Waals surface area contributed by atoms with Crippen molar-refractivity contribution in [2.24, 2.45) is 5.92 Å². The van der Waals surface area contributed by atoms with Crippen molar-refractivity contribution in [2.75, 3.05) is 11.4 Å². The molecule has 0 radical (unpaired) electrons. The molecular formula is C14H16BrN3O2. The number of fused-ring (bicyclic) bond motifs is 1. The Labute approximate surface area is 125 Å². The molecule has 2 aromatic rings. The van der Waals surface area contributed by atoms with Crippen molar-refractivity contribution >= 4 is 33.2 Å². The molecule has 1 aliphatic rings. The molecule has 3 rings (SSSR count). The summed E-state index contributed by atoms with van der Waals surface area (Å²) in [6, 6.07) is 5.71. The monoisotopic (exact) mass is 337 g/mol. The van der Waals surface area contributed by atoms with Crippen LogP contribution in [0.15, 0.2) is 22.8 Å². The number of hydrogen-bond acceptors (Lipinski definition) is 2. The Balaban J connectivity index is 2.16. The van der Waals surface area contributed by atoms with Gasteiger partial charge in [-0.05, 0) is 53.2 Å². The van der Waals surface area contributed by atoms with Crippen LogP contribution in [0.25, 0.3) is 5.52 Å². The summed E-state index contributed by atoms with van der Waals surface area (Å²) < 4.78 is 2.59. The highest BCUT2D eigenvalue weighted by Crippen LogP contribution is 2.35. The van der Waals surface area contributed by atoms with Crippen LogP contribution in [0.4, 0.5) is 10.5 Å². The summed E-state index contributed by atoms with van der Waals surface area (Å²) >= 11 is 3.46. The van der Waals surface area contributed by atoms with Gasteiger partial charge in [-0.15, -0.1) is 0 Å². The Hall–Kier alpha value is -1.56. The fourth-order valence-corrected chi connectivity index (χ4v) is 2.85. The zero-order chi connectivity index (χ0) is 14.3. The minimum Gasteiger partial charge on any atom is -0.465 e. The van der Waals surface area contributed by atoms with Crippen LogP contribution in [0, 0.1) is 5.92 Å². The van der Waals surface area contributed by atoms with Gasteiger partial charge in [0, 0.05) is 6.54 Å². The molecule has 106 valence electrons. The molecule has 1 amide bonds. The van der Waals surface area contributed by atoms with E-state index in [1.165, 1.54) is 4.90 Å². The zero-order valence-electron chi connectivity index (χ0n) is 11.2. The van der Waals surface area contributed by atoms with Gasteiger partial charge < -0.3 is 5.11 Å². The number of nitrogens with zero attached hydrogens (tertiary/aromatic N) is 3. The number of anilines is 1. The van der Waals surface area contributed by atoms with Crippen molar-refractivity contribution in [3.63, 3.8) is 0 Å². The van der Waals surface area contributed by atoms with Gasteiger partial charge in [0.2, 0.25) is 0 Å². The molecular weight excluding hydrogens is 322 g/mol. The molecule has 5 nitrogen and oxygen atoms in total. The Morgan fingerprint density at radius 2 is 2.30 bits per heavy atom. The normalized spacial score (nSPS) is 14.7. The van der Waals surface area contributed by atoms with E-state index in [4.69, 9.17) is 0 Å². The Morgan fingerprint density at radius 1 is 1.55 bits per heavy atom. The highest BCUT2D eigenvalue weighted by atomic mass is 79.9. The first-order valence-corrected chi connectivity index (χ1v) is 7.57. The number of pyridine rings is 1. The Morgan fingerprint density at radius 3 is 2.90 bits per heavy atom. The van der Waals surface area contributed by atoms with Crippen molar-refractivity contribution < 1.29 is 9.90 Å². The van der Waals surface area contributed by atoms with Crippen LogP contribution in [-0.4, -0.2) is 27.4 Å². The molecule has 0 aliphatic heterocycles. The Kier molecular flexibility index (Phi) is 3.41. The standard InChI is InChI=1S/C14H16BrN3O2/c1-2-10-13(17(14(19)20)8-9-6-7-9)11-4-3-5-12(15)18(11)16-10/h3-5,9H,2,6-8H2,1H3,(H,19,20). The van der Waals surface area contributed by atoms with Crippen molar-refractivity contribution in [3.05, 3.63) is 28.5 Å². The minimum absolute atomic E-state index is 0.498. The third-order valence-corrected chi connectivity index (χ3v) is 4.23. The molecule has 1 aliphatic carbocycles. The number of aromatic nitrogens is 2. The molecule has 0 unspecified atom stereocenters. The van der Waals surface area contributed by atoms with Gasteiger partial charge in [0.05, 0.1) is 16.9 Å². The van der Waals surface area contributed by atoms with E-state index in [1.54, 1.807) is 4.52 Å². The smallest absolute Gasteiger partial charge is 0.411 e. The van der Waals surface area contributed by atoms with Gasteiger partial charge in [-0.3, -0.25) is 4.90 Å². The van der Waals surface area contributed by atoms with Crippen LogP contribution in [0.2, 0.25) is 0 Å². The number of carbonyl (C=O) groups is 1. The maximum Gasteiger partial charge on any atom is 0.411 e. The van der Waals surface area contributed by atoms with Crippen LogP contribution in [0.5, 0.6) is 0 Å². The van der Waals surface area contributed by atoms with E-state index in [-0.39, 0.29) is 0 Å². The molecule has 1 saturated carbocycles. The quantitative estimate of drug-likeness (QED) is 0.868. The van der Waals surface area contributed by atoms with Crippen LogP contribution < -0.4 is 4.90 Å². The second-order valence-corrected chi connectivity index (χ2v) is 5.94. The molecule has 0 aromatic carbocycles. The molecule has 0 bridgehead atoms. The summed E-state index contributed by atoms with van der Waals surface area (Å²) in [7, 11) is 0. The van der Waals surface area contributed by atoms with Crippen LogP contribution >= 0.6 is 15.9 Å². The van der Waals surface area contributed by atoms with E-state index in [0.717, 1.165) is 34.3 Å². The van der Waals surface area contributed by atoms with Crippen molar-refractivity contribution in [2.45, 2.75) is 26.2 Å². The number of hydrogen-bond donors (Lipinski definition) is 1. The lowest BCUT2D eigenvalue weighted by molar-refractivity contribution is 0.201. The Bertz CT molecular complexity index is 664. The molecule has 1 fully saturated rings. The summed E-state index contributed by atoms with van der Waals surface area (Å²) in [4.78, 5) is 13.1. The third-order valence-electron chi connectivity index (χ3n) is 3.63. The summed E-state index contributed by atoms with van der Waals surface area (Å²) in [5.74, 6) is 0.498. The second-order valence-electron chi connectivity index (χ2n) is 5.13. The van der Waals surface area contributed by atoms with Crippen LogP contribution in [0.3, 0.4) is 0 Å². The van der Waals surface area contributed by atoms with Crippen molar-refractivity contribution in [1.29, 1.82) is 0 Å². The average Bonchev–Trinajstić information content (AvgIpc) is 3.16. The molecule has 2 aromatic heterocycles. The first kappa shape index (κ1) is 13.4. The van der Waals surface area contributed by atoms with Gasteiger partial charge >= 0.3 is 6.09 Å². The molecule has 1 N–H and O–H groups in total. The fourth-order valence-electron chi connectivity index (χ4n) is 2.43. The average molecular weight is 338 g/mol. The first-order chi connectivity index (χ1) is 9.61. The predicted molar refractivity (Wildman–Crippen MR) is 80.4 cm³/mol. The molecule has 0 atom stereocenters. The van der Waals surface area contributed by atoms with Crippen molar-refractivity contribution in [1.82, 2.24) is 9.61 Å². The van der Waals surface area contributed by atoms with Gasteiger partial charge in [-0.25, -0.2) is 9.31 Å². The maximum absolute atomic E-state index is 11.6. The molecule has 0 saturated heterocycles. The van der Waals surface area contributed by atoms with E-state index in [2.05, 4.69) is 21.0 Å². The van der Waals surface area contributed by atoms with E-state index in [9.17, 15) is 9.90 Å². The highest BCUT2D eigenvalue weighted by Gasteiger charge is 2.30. The van der Waals surface area contributed by atoms with E-state index in [1.807, 2.05) is 25.1 Å². The van der Waals surface area contributed by atoms with Crippen LogP contribution in [-0.2, 0) is 6.42 Å². The highest BCUT2D eigenvalue weighted by molar-refractivity contribution is 9.10. The number of aryl methyl sites for hydroxylation is 1. The minimum atomic E-state index is -0.901. The fraction of sp³-hybridized carbons (Fsp3) is 0.429. The van der Waals surface area contributed by atoms with Gasteiger partial charge in [-0.2, -0.15) is 5.10 Å². The molecule has 6 heteroatoms. The summed E-state index contributed by atoms with van der Waals surface area (Å²) in [5.41, 5.74) is 2.38. The topological polar surface area (TPSA) is 57.8 Å². The van der Waals surface area contributed by atoms with E-state index in [0.29, 0.717) is 18.9 Å². The third kappa shape index (κ3) is 2.28. The van der Waals surface area contributed by atoms with Crippen LogP contribution in [0.1, 0.15) is 25.5 Å². The largest absolute Gasteiger partial charge is 0.465 e. The number of amides is 1. The predicted octanol–water partition coefficient (Wildman–Crippen LogP) is 3.55. The van der Waals surface area contributed by atoms with Crippen molar-refractivity contribution in [3.8, 4) is 0 Å².